The number of carbonyl (C=O) groups is 1. The Labute approximate surface area is 201 Å². The molecule has 0 aliphatic carbocycles. The molecule has 0 aliphatic rings. The SMILES string of the molecule is CCN(CC)CCN(C)c1cnc2cc(NC(=O)c3ccc(-c4ccccc4)cc3)ccc2n1. The predicted molar refractivity (Wildman–Crippen MR) is 140 cm³/mol. The van der Waals surface area contributed by atoms with Gasteiger partial charge in [0.2, 0.25) is 0 Å². The first-order valence-electron chi connectivity index (χ1n) is 11.7. The van der Waals surface area contributed by atoms with E-state index >= 15 is 0 Å². The number of rotatable bonds is 9. The Bertz CT molecular complexity index is 1240. The smallest absolute Gasteiger partial charge is 0.255 e. The average Bonchev–Trinajstić information content (AvgIpc) is 2.89. The summed E-state index contributed by atoms with van der Waals surface area (Å²) < 4.78 is 0. The number of carbonyl (C=O) groups excluding carboxylic acids is 1. The molecule has 0 atom stereocenters. The van der Waals surface area contributed by atoms with E-state index in [1.807, 2.05) is 67.7 Å². The minimum atomic E-state index is -0.153. The summed E-state index contributed by atoms with van der Waals surface area (Å²) in [5.74, 6) is 0.689. The number of likely N-dealkylation sites (N-methyl/N-ethyl adjacent to an activating group) is 2. The van der Waals surface area contributed by atoms with Crippen molar-refractivity contribution in [2.45, 2.75) is 13.8 Å². The Hall–Kier alpha value is -3.77. The number of anilines is 2. The highest BCUT2D eigenvalue weighted by Crippen LogP contribution is 2.21. The number of hydrogen-bond acceptors (Lipinski definition) is 5. The Morgan fingerprint density at radius 2 is 1.56 bits per heavy atom. The molecule has 0 saturated heterocycles. The molecule has 3 aromatic carbocycles. The Kier molecular flexibility index (Phi) is 7.50. The molecule has 0 bridgehead atoms. The molecule has 174 valence electrons. The van der Waals surface area contributed by atoms with Gasteiger partial charge in [-0.25, -0.2) is 4.98 Å². The van der Waals surface area contributed by atoms with Crippen molar-refractivity contribution in [3.8, 4) is 11.1 Å². The summed E-state index contributed by atoms with van der Waals surface area (Å²) in [4.78, 5) is 26.6. The summed E-state index contributed by atoms with van der Waals surface area (Å²) >= 11 is 0. The molecule has 4 rings (SSSR count). The maximum Gasteiger partial charge on any atom is 0.255 e. The number of fused-ring (bicyclic) bond motifs is 1. The summed E-state index contributed by atoms with van der Waals surface area (Å²) in [6.45, 7) is 8.31. The molecule has 0 spiro atoms. The molecule has 1 aromatic heterocycles. The number of benzene rings is 3. The van der Waals surface area contributed by atoms with Crippen LogP contribution in [0.15, 0.2) is 79.0 Å². The monoisotopic (exact) mass is 453 g/mol. The fourth-order valence-corrected chi connectivity index (χ4v) is 3.86. The molecule has 34 heavy (non-hydrogen) atoms. The highest BCUT2D eigenvalue weighted by Gasteiger charge is 2.10. The zero-order valence-electron chi connectivity index (χ0n) is 20.0. The van der Waals surface area contributed by atoms with Crippen LogP contribution in [-0.2, 0) is 0 Å². The second-order valence-corrected chi connectivity index (χ2v) is 8.28. The molecule has 1 N–H and O–H groups in total. The highest BCUT2D eigenvalue weighted by atomic mass is 16.1. The van der Waals surface area contributed by atoms with Crippen molar-refractivity contribution in [3.63, 3.8) is 0 Å². The van der Waals surface area contributed by atoms with Gasteiger partial charge in [-0.05, 0) is 54.5 Å². The van der Waals surface area contributed by atoms with Crippen molar-refractivity contribution in [3.05, 3.63) is 84.6 Å². The van der Waals surface area contributed by atoms with E-state index in [4.69, 9.17) is 4.98 Å². The maximum absolute atomic E-state index is 12.8. The van der Waals surface area contributed by atoms with Crippen molar-refractivity contribution in [2.24, 2.45) is 0 Å². The quantitative estimate of drug-likeness (QED) is 0.371. The van der Waals surface area contributed by atoms with Gasteiger partial charge in [-0.3, -0.25) is 9.78 Å². The van der Waals surface area contributed by atoms with Crippen LogP contribution in [0.3, 0.4) is 0 Å². The molecule has 0 unspecified atom stereocenters. The maximum atomic E-state index is 12.8. The molecule has 6 nitrogen and oxygen atoms in total. The van der Waals surface area contributed by atoms with E-state index in [0.717, 1.165) is 54.2 Å². The summed E-state index contributed by atoms with van der Waals surface area (Å²) in [5.41, 5.74) is 5.06. The van der Waals surface area contributed by atoms with Crippen molar-refractivity contribution >= 4 is 28.4 Å². The van der Waals surface area contributed by atoms with Crippen molar-refractivity contribution in [2.75, 3.05) is 43.4 Å². The normalized spacial score (nSPS) is 11.1. The van der Waals surface area contributed by atoms with Crippen LogP contribution in [0.5, 0.6) is 0 Å². The van der Waals surface area contributed by atoms with Crippen molar-refractivity contribution in [1.82, 2.24) is 14.9 Å². The van der Waals surface area contributed by atoms with E-state index in [0.29, 0.717) is 11.3 Å². The minimum absolute atomic E-state index is 0.153. The topological polar surface area (TPSA) is 61.4 Å². The highest BCUT2D eigenvalue weighted by molar-refractivity contribution is 6.05. The van der Waals surface area contributed by atoms with E-state index in [1.165, 1.54) is 0 Å². The van der Waals surface area contributed by atoms with Gasteiger partial charge in [0.05, 0.1) is 17.2 Å². The Balaban J connectivity index is 1.42. The van der Waals surface area contributed by atoms with Gasteiger partial charge in [0, 0.05) is 31.4 Å². The van der Waals surface area contributed by atoms with E-state index in [1.54, 1.807) is 6.20 Å². The van der Waals surface area contributed by atoms with Gasteiger partial charge in [0.1, 0.15) is 5.82 Å². The van der Waals surface area contributed by atoms with Crippen LogP contribution in [0.2, 0.25) is 0 Å². The summed E-state index contributed by atoms with van der Waals surface area (Å²) in [5, 5.41) is 2.97. The van der Waals surface area contributed by atoms with Crippen LogP contribution in [-0.4, -0.2) is 54.0 Å². The second-order valence-electron chi connectivity index (χ2n) is 8.28. The van der Waals surface area contributed by atoms with Crippen LogP contribution >= 0.6 is 0 Å². The summed E-state index contributed by atoms with van der Waals surface area (Å²) in [6, 6.07) is 23.4. The fraction of sp³-hybridized carbons (Fsp3) is 0.250. The van der Waals surface area contributed by atoms with Gasteiger partial charge in [0.15, 0.2) is 0 Å². The van der Waals surface area contributed by atoms with Crippen LogP contribution in [0, 0.1) is 0 Å². The molecule has 0 fully saturated rings. The van der Waals surface area contributed by atoms with Crippen LogP contribution in [0.4, 0.5) is 11.5 Å². The first-order valence-corrected chi connectivity index (χ1v) is 11.7. The number of hydrogen-bond donors (Lipinski definition) is 1. The largest absolute Gasteiger partial charge is 0.357 e. The lowest BCUT2D eigenvalue weighted by atomic mass is 10.0. The third-order valence-electron chi connectivity index (χ3n) is 6.08. The number of nitrogens with one attached hydrogen (secondary N) is 1. The van der Waals surface area contributed by atoms with E-state index < -0.39 is 0 Å². The molecule has 0 aliphatic heterocycles. The van der Waals surface area contributed by atoms with Gasteiger partial charge in [-0.1, -0.05) is 56.3 Å². The third kappa shape index (κ3) is 5.58. The summed E-state index contributed by atoms with van der Waals surface area (Å²) in [7, 11) is 2.04. The third-order valence-corrected chi connectivity index (χ3v) is 6.08. The lowest BCUT2D eigenvalue weighted by Gasteiger charge is -2.23. The molecule has 1 amide bonds. The minimum Gasteiger partial charge on any atom is -0.357 e. The second kappa shape index (κ2) is 10.9. The van der Waals surface area contributed by atoms with Crippen molar-refractivity contribution < 1.29 is 4.79 Å². The first kappa shape index (κ1) is 23.4. The Morgan fingerprint density at radius 1 is 0.853 bits per heavy atom. The Morgan fingerprint density at radius 3 is 2.26 bits per heavy atom. The van der Waals surface area contributed by atoms with Gasteiger partial charge in [0.25, 0.3) is 5.91 Å². The molecule has 0 radical (unpaired) electrons. The molecular weight excluding hydrogens is 422 g/mol. The van der Waals surface area contributed by atoms with Gasteiger partial charge in [-0.2, -0.15) is 0 Å². The van der Waals surface area contributed by atoms with Gasteiger partial charge >= 0.3 is 0 Å². The molecular formula is C28H31N5O. The molecule has 4 aromatic rings. The van der Waals surface area contributed by atoms with E-state index in [-0.39, 0.29) is 5.91 Å². The molecule has 6 heteroatoms. The van der Waals surface area contributed by atoms with Crippen molar-refractivity contribution in [1.29, 1.82) is 0 Å². The van der Waals surface area contributed by atoms with Gasteiger partial charge < -0.3 is 15.1 Å². The van der Waals surface area contributed by atoms with Crippen LogP contribution in [0.25, 0.3) is 22.2 Å². The predicted octanol–water partition coefficient (Wildman–Crippen LogP) is 5.33. The van der Waals surface area contributed by atoms with Crippen LogP contribution < -0.4 is 10.2 Å². The fourth-order valence-electron chi connectivity index (χ4n) is 3.86. The number of amides is 1. The number of nitrogens with zero attached hydrogens (tertiary/aromatic N) is 4. The lowest BCUT2D eigenvalue weighted by molar-refractivity contribution is 0.102. The number of aromatic nitrogens is 2. The van der Waals surface area contributed by atoms with Crippen LogP contribution in [0.1, 0.15) is 24.2 Å². The lowest BCUT2D eigenvalue weighted by Crippen LogP contribution is -2.33. The van der Waals surface area contributed by atoms with E-state index in [9.17, 15) is 4.79 Å². The van der Waals surface area contributed by atoms with E-state index in [2.05, 4.69) is 46.1 Å². The zero-order valence-corrected chi connectivity index (χ0v) is 20.0. The standard InChI is InChI=1S/C28H31N5O/c1-4-33(5-2)18-17-32(3)27-20-29-26-19-24(15-16-25(26)31-27)30-28(34)23-13-11-22(12-14-23)21-9-7-6-8-10-21/h6-16,19-20H,4-5,17-18H2,1-3H3,(H,30,34). The molecule has 1 heterocycles. The molecule has 0 saturated carbocycles. The zero-order chi connectivity index (χ0) is 23.9. The summed E-state index contributed by atoms with van der Waals surface area (Å²) in [6.07, 6.45) is 1.79. The van der Waals surface area contributed by atoms with Gasteiger partial charge in [-0.15, -0.1) is 0 Å². The first-order chi connectivity index (χ1) is 16.6. The average molecular weight is 454 g/mol.